The minimum absolute atomic E-state index is 0.0360. The van der Waals surface area contributed by atoms with E-state index in [1.165, 1.54) is 19.2 Å². The third-order valence-corrected chi connectivity index (χ3v) is 7.21. The lowest BCUT2D eigenvalue weighted by atomic mass is 10.0. The Morgan fingerprint density at radius 1 is 1.12 bits per heavy atom. The molecule has 9 heteroatoms. The van der Waals surface area contributed by atoms with Crippen molar-refractivity contribution in [3.05, 3.63) is 48.0 Å². The average molecular weight is 461 g/mol. The molecular weight excluding hydrogens is 440 g/mol. The van der Waals surface area contributed by atoms with Crippen molar-refractivity contribution in [1.82, 2.24) is 20.3 Å². The van der Waals surface area contributed by atoms with E-state index < -0.39 is 11.6 Å². The highest BCUT2D eigenvalue weighted by Crippen LogP contribution is 2.43. The Balaban J connectivity index is 1.51. The average Bonchev–Trinajstić information content (AvgIpc) is 3.17. The molecule has 7 nitrogen and oxygen atoms in total. The Morgan fingerprint density at radius 3 is 2.91 bits per heavy atom. The van der Waals surface area contributed by atoms with E-state index >= 15 is 4.39 Å². The Hall–Kier alpha value is -3.59. The molecule has 34 heavy (non-hydrogen) atoms. The first-order valence-electron chi connectivity index (χ1n) is 11.4. The third-order valence-electron chi connectivity index (χ3n) is 7.21. The molecule has 3 aliphatic rings. The highest BCUT2D eigenvalue weighted by Gasteiger charge is 2.44. The second-order valence-electron chi connectivity index (χ2n) is 9.09. The smallest absolute Gasteiger partial charge is 0.318 e. The summed E-state index contributed by atoms with van der Waals surface area (Å²) >= 11 is 0. The Kier molecular flexibility index (Phi) is 4.20. The zero-order valence-electron chi connectivity index (χ0n) is 18.4. The highest BCUT2D eigenvalue weighted by atomic mass is 19.1. The molecular formula is C25H21F2N5O2. The van der Waals surface area contributed by atoms with Crippen LogP contribution in [-0.2, 0) is 0 Å². The van der Waals surface area contributed by atoms with Crippen molar-refractivity contribution in [2.45, 2.75) is 31.0 Å². The van der Waals surface area contributed by atoms with Crippen LogP contribution >= 0.6 is 0 Å². The predicted octanol–water partition coefficient (Wildman–Crippen LogP) is 3.83. The molecule has 0 aliphatic carbocycles. The quantitative estimate of drug-likeness (QED) is 0.486. The summed E-state index contributed by atoms with van der Waals surface area (Å²) in [4.78, 5) is 15.8. The second kappa shape index (κ2) is 7.20. The number of hydrogen-bond donors (Lipinski definition) is 1. The van der Waals surface area contributed by atoms with Gasteiger partial charge in [-0.05, 0) is 35.7 Å². The predicted molar refractivity (Wildman–Crippen MR) is 123 cm³/mol. The molecule has 3 aliphatic heterocycles. The van der Waals surface area contributed by atoms with Crippen molar-refractivity contribution in [2.75, 3.05) is 25.2 Å². The molecule has 2 bridgehead atoms. The fraction of sp³-hybridized carbons (Fsp3) is 0.320. The maximum atomic E-state index is 16.2. The van der Waals surface area contributed by atoms with Crippen LogP contribution in [0.25, 0.3) is 32.9 Å². The van der Waals surface area contributed by atoms with E-state index in [1.807, 2.05) is 6.07 Å². The second-order valence-corrected chi connectivity index (χ2v) is 9.09. The monoisotopic (exact) mass is 461 g/mol. The van der Waals surface area contributed by atoms with Crippen molar-refractivity contribution >= 4 is 27.5 Å². The number of piperazine rings is 1. The fourth-order valence-corrected chi connectivity index (χ4v) is 5.64. The van der Waals surface area contributed by atoms with Gasteiger partial charge in [0, 0.05) is 24.2 Å². The molecule has 3 atom stereocenters. The van der Waals surface area contributed by atoms with Gasteiger partial charge < -0.3 is 19.7 Å². The van der Waals surface area contributed by atoms with Gasteiger partial charge in [-0.1, -0.05) is 24.3 Å². The Labute approximate surface area is 193 Å². The topological polar surface area (TPSA) is 72.4 Å². The zero-order chi connectivity index (χ0) is 23.0. The standard InChI is InChI=1S/C25H21F2N5O2/c1-33-25-30-22-19-23(31-25)32-10-14-7-8-17(28-14)18(32)11-34-24(19)29-21(20(22)27)15-4-2-3-12-5-6-13(26)9-16(12)15/h2-6,9,14,17-18,28H,7-8,10-11H2,1H3. The molecule has 0 saturated carbocycles. The number of fused-ring (bicyclic) bond motifs is 6. The fourth-order valence-electron chi connectivity index (χ4n) is 5.64. The molecule has 3 unspecified atom stereocenters. The molecule has 0 amide bonds. The molecule has 7 rings (SSSR count). The first kappa shape index (κ1) is 19.8. The summed E-state index contributed by atoms with van der Waals surface area (Å²) in [6, 6.07) is 10.6. The van der Waals surface area contributed by atoms with Gasteiger partial charge in [-0.25, -0.2) is 13.8 Å². The van der Waals surface area contributed by atoms with Gasteiger partial charge in [-0.3, -0.25) is 0 Å². The number of benzene rings is 2. The summed E-state index contributed by atoms with van der Waals surface area (Å²) < 4.78 is 41.8. The molecule has 2 aromatic heterocycles. The van der Waals surface area contributed by atoms with E-state index in [9.17, 15) is 4.39 Å². The lowest BCUT2D eigenvalue weighted by molar-refractivity contribution is 0.238. The molecule has 2 aromatic carbocycles. The van der Waals surface area contributed by atoms with E-state index in [1.54, 1.807) is 18.2 Å². The van der Waals surface area contributed by atoms with Gasteiger partial charge in [-0.15, -0.1) is 0 Å². The molecule has 2 saturated heterocycles. The van der Waals surface area contributed by atoms with Crippen molar-refractivity contribution in [1.29, 1.82) is 0 Å². The van der Waals surface area contributed by atoms with Crippen LogP contribution in [0.4, 0.5) is 14.6 Å². The van der Waals surface area contributed by atoms with Gasteiger partial charge in [0.1, 0.15) is 34.8 Å². The van der Waals surface area contributed by atoms with Crippen molar-refractivity contribution < 1.29 is 18.3 Å². The number of nitrogens with one attached hydrogen (secondary N) is 1. The summed E-state index contributed by atoms with van der Waals surface area (Å²) in [7, 11) is 1.47. The number of halogens is 2. The highest BCUT2D eigenvalue weighted by molar-refractivity contribution is 6.01. The van der Waals surface area contributed by atoms with Crippen LogP contribution in [0.1, 0.15) is 12.8 Å². The van der Waals surface area contributed by atoms with Gasteiger partial charge in [-0.2, -0.15) is 9.97 Å². The summed E-state index contributed by atoms with van der Waals surface area (Å²) in [5.74, 6) is -0.152. The number of pyridine rings is 1. The van der Waals surface area contributed by atoms with Gasteiger partial charge in [0.05, 0.1) is 13.2 Å². The van der Waals surface area contributed by atoms with Gasteiger partial charge in [0.25, 0.3) is 0 Å². The molecule has 0 radical (unpaired) electrons. The maximum absolute atomic E-state index is 16.2. The lowest BCUT2D eigenvalue weighted by Gasteiger charge is -2.40. The minimum Gasteiger partial charge on any atom is -0.475 e. The van der Waals surface area contributed by atoms with Crippen LogP contribution in [0.3, 0.4) is 0 Å². The summed E-state index contributed by atoms with van der Waals surface area (Å²) in [5, 5.41) is 5.44. The van der Waals surface area contributed by atoms with Crippen molar-refractivity contribution in [2.24, 2.45) is 0 Å². The first-order chi connectivity index (χ1) is 16.6. The van der Waals surface area contributed by atoms with Crippen LogP contribution < -0.4 is 19.7 Å². The minimum atomic E-state index is -0.613. The lowest BCUT2D eigenvalue weighted by Crippen LogP contribution is -2.60. The van der Waals surface area contributed by atoms with E-state index in [4.69, 9.17) is 9.47 Å². The van der Waals surface area contributed by atoms with Crippen molar-refractivity contribution in [3.63, 3.8) is 0 Å². The third kappa shape index (κ3) is 2.79. The SMILES string of the molecule is COc1nc2c3c(nc(-c4cccc5ccc(F)cc45)c(F)c3n1)OCC1C3CCC(CN21)N3. The summed E-state index contributed by atoms with van der Waals surface area (Å²) in [6.07, 6.45) is 2.13. The zero-order valence-corrected chi connectivity index (χ0v) is 18.4. The molecule has 4 aromatic rings. The Morgan fingerprint density at radius 2 is 2.03 bits per heavy atom. The molecule has 172 valence electrons. The number of hydrogen-bond acceptors (Lipinski definition) is 7. The normalized spacial score (nSPS) is 23.0. The largest absolute Gasteiger partial charge is 0.475 e. The number of ether oxygens (including phenoxy) is 2. The molecule has 0 spiro atoms. The van der Waals surface area contributed by atoms with Gasteiger partial charge >= 0.3 is 6.01 Å². The van der Waals surface area contributed by atoms with Gasteiger partial charge in [0.15, 0.2) is 5.82 Å². The first-order valence-corrected chi connectivity index (χ1v) is 11.4. The Bertz CT molecular complexity index is 1480. The van der Waals surface area contributed by atoms with Crippen LogP contribution in [0, 0.1) is 11.6 Å². The number of nitrogens with zero attached hydrogens (tertiary/aromatic N) is 4. The van der Waals surface area contributed by atoms with E-state index in [-0.39, 0.29) is 35.2 Å². The summed E-state index contributed by atoms with van der Waals surface area (Å²) in [6.45, 7) is 1.13. The van der Waals surface area contributed by atoms with E-state index in [2.05, 4.69) is 25.2 Å². The van der Waals surface area contributed by atoms with E-state index in [0.29, 0.717) is 34.8 Å². The van der Waals surface area contributed by atoms with Crippen LogP contribution in [0.2, 0.25) is 0 Å². The maximum Gasteiger partial charge on any atom is 0.318 e. The van der Waals surface area contributed by atoms with Crippen LogP contribution in [0.15, 0.2) is 36.4 Å². The summed E-state index contributed by atoms with van der Waals surface area (Å²) in [5.41, 5.74) is 0.616. The number of rotatable bonds is 2. The molecule has 5 heterocycles. The molecule has 2 fully saturated rings. The number of aromatic nitrogens is 3. The molecule has 1 N–H and O–H groups in total. The van der Waals surface area contributed by atoms with Crippen LogP contribution in [0.5, 0.6) is 11.9 Å². The number of anilines is 1. The van der Waals surface area contributed by atoms with Crippen LogP contribution in [-0.4, -0.2) is 53.3 Å². The van der Waals surface area contributed by atoms with Crippen molar-refractivity contribution in [3.8, 4) is 23.1 Å². The van der Waals surface area contributed by atoms with Gasteiger partial charge in [0.2, 0.25) is 5.88 Å². The van der Waals surface area contributed by atoms with E-state index in [0.717, 1.165) is 24.8 Å². The number of methoxy groups -OCH3 is 1.